The highest BCUT2D eigenvalue weighted by Gasteiger charge is 2.11. The summed E-state index contributed by atoms with van der Waals surface area (Å²) in [6, 6.07) is 14.3. The second kappa shape index (κ2) is 7.79. The second-order valence-electron chi connectivity index (χ2n) is 5.39. The third-order valence-electron chi connectivity index (χ3n) is 3.45. The normalized spacial score (nSPS) is 11.6. The highest BCUT2D eigenvalue weighted by Crippen LogP contribution is 2.17. The number of hydrogen-bond acceptors (Lipinski definition) is 2. The van der Waals surface area contributed by atoms with Crippen LogP contribution in [0.1, 0.15) is 34.5 Å². The quantitative estimate of drug-likeness (QED) is 0.884. The van der Waals surface area contributed by atoms with E-state index in [0.717, 1.165) is 11.1 Å². The van der Waals surface area contributed by atoms with Crippen LogP contribution in [0.25, 0.3) is 0 Å². The molecule has 0 aliphatic carbocycles. The van der Waals surface area contributed by atoms with E-state index in [-0.39, 0.29) is 24.4 Å². The van der Waals surface area contributed by atoms with Crippen molar-refractivity contribution in [2.24, 2.45) is 0 Å². The number of halogens is 1. The Hall–Kier alpha value is -2.33. The van der Waals surface area contributed by atoms with Gasteiger partial charge in [0.25, 0.3) is 5.91 Å². The van der Waals surface area contributed by atoms with Gasteiger partial charge in [-0.1, -0.05) is 41.4 Å². The maximum absolute atomic E-state index is 12.0. The molecule has 2 rings (SSSR count). The molecule has 0 fully saturated rings. The van der Waals surface area contributed by atoms with Crippen LogP contribution in [-0.2, 0) is 4.79 Å². The first-order chi connectivity index (χ1) is 11.0. The van der Waals surface area contributed by atoms with Gasteiger partial charge in [0.1, 0.15) is 0 Å². The first-order valence-electron chi connectivity index (χ1n) is 7.35. The molecule has 0 saturated carbocycles. The number of carbonyl (C=O) groups is 2. The first-order valence-corrected chi connectivity index (χ1v) is 7.73. The van der Waals surface area contributed by atoms with Gasteiger partial charge >= 0.3 is 0 Å². The molecule has 0 aliphatic heterocycles. The van der Waals surface area contributed by atoms with Gasteiger partial charge in [-0.05, 0) is 43.7 Å². The third kappa shape index (κ3) is 5.11. The minimum Gasteiger partial charge on any atom is -0.348 e. The predicted octanol–water partition coefficient (Wildman–Crippen LogP) is 3.26. The number of hydrogen-bond donors (Lipinski definition) is 2. The van der Waals surface area contributed by atoms with Crippen molar-refractivity contribution in [1.82, 2.24) is 10.6 Å². The van der Waals surface area contributed by atoms with Crippen LogP contribution < -0.4 is 10.6 Å². The maximum atomic E-state index is 12.0. The number of rotatable bonds is 5. The Labute approximate surface area is 140 Å². The average Bonchev–Trinajstić information content (AvgIpc) is 2.53. The molecule has 0 aliphatic rings. The molecule has 0 aromatic heterocycles. The monoisotopic (exact) mass is 330 g/mol. The standard InChI is InChI=1S/C18H19ClN2O2/c1-12-6-8-14(9-7-12)18(23)20-11-17(22)21-13(2)15-4-3-5-16(19)10-15/h3-10,13H,11H2,1-2H3,(H,20,23)(H,21,22). The zero-order chi connectivity index (χ0) is 16.8. The Bertz CT molecular complexity index is 698. The highest BCUT2D eigenvalue weighted by molar-refractivity contribution is 6.30. The number of nitrogens with one attached hydrogen (secondary N) is 2. The van der Waals surface area contributed by atoms with E-state index in [1.54, 1.807) is 24.3 Å². The highest BCUT2D eigenvalue weighted by atomic mass is 35.5. The largest absolute Gasteiger partial charge is 0.348 e. The molecule has 0 spiro atoms. The van der Waals surface area contributed by atoms with Crippen molar-refractivity contribution in [2.45, 2.75) is 19.9 Å². The molecule has 0 saturated heterocycles. The Morgan fingerprint density at radius 3 is 2.48 bits per heavy atom. The van der Waals surface area contributed by atoms with Crippen LogP contribution in [0, 0.1) is 6.92 Å². The van der Waals surface area contributed by atoms with Crippen LogP contribution in [0.3, 0.4) is 0 Å². The van der Waals surface area contributed by atoms with Crippen LogP contribution in [0.2, 0.25) is 5.02 Å². The van der Waals surface area contributed by atoms with Gasteiger partial charge in [0, 0.05) is 10.6 Å². The molecule has 23 heavy (non-hydrogen) atoms. The molecule has 5 heteroatoms. The summed E-state index contributed by atoms with van der Waals surface area (Å²) < 4.78 is 0. The molecule has 4 nitrogen and oxygen atoms in total. The maximum Gasteiger partial charge on any atom is 0.251 e. The van der Waals surface area contributed by atoms with Crippen molar-refractivity contribution in [3.05, 3.63) is 70.2 Å². The lowest BCUT2D eigenvalue weighted by molar-refractivity contribution is -0.120. The smallest absolute Gasteiger partial charge is 0.251 e. The SMILES string of the molecule is Cc1ccc(C(=O)NCC(=O)NC(C)c2cccc(Cl)c2)cc1. The summed E-state index contributed by atoms with van der Waals surface area (Å²) in [5.41, 5.74) is 2.52. The summed E-state index contributed by atoms with van der Waals surface area (Å²) in [5.74, 6) is -0.520. The molecule has 2 amide bonds. The number of carbonyl (C=O) groups excluding carboxylic acids is 2. The van der Waals surface area contributed by atoms with E-state index in [4.69, 9.17) is 11.6 Å². The summed E-state index contributed by atoms with van der Waals surface area (Å²) in [7, 11) is 0. The van der Waals surface area contributed by atoms with Crippen LogP contribution in [0.5, 0.6) is 0 Å². The molecule has 120 valence electrons. The summed E-state index contributed by atoms with van der Waals surface area (Å²) in [6.45, 7) is 3.75. The van der Waals surface area contributed by atoms with Crippen molar-refractivity contribution in [1.29, 1.82) is 0 Å². The van der Waals surface area contributed by atoms with Crippen LogP contribution in [0.4, 0.5) is 0 Å². The fourth-order valence-electron chi connectivity index (χ4n) is 2.12. The van der Waals surface area contributed by atoms with Gasteiger partial charge in [-0.25, -0.2) is 0 Å². The minimum atomic E-state index is -0.268. The second-order valence-corrected chi connectivity index (χ2v) is 5.83. The topological polar surface area (TPSA) is 58.2 Å². The Morgan fingerprint density at radius 2 is 1.83 bits per heavy atom. The fourth-order valence-corrected chi connectivity index (χ4v) is 2.32. The Morgan fingerprint density at radius 1 is 1.13 bits per heavy atom. The molecule has 0 heterocycles. The third-order valence-corrected chi connectivity index (χ3v) is 3.68. The van der Waals surface area contributed by atoms with E-state index in [1.165, 1.54) is 0 Å². The van der Waals surface area contributed by atoms with Gasteiger partial charge in [0.15, 0.2) is 0 Å². The van der Waals surface area contributed by atoms with Gasteiger partial charge < -0.3 is 10.6 Å². The van der Waals surface area contributed by atoms with Gasteiger partial charge in [-0.2, -0.15) is 0 Å². The summed E-state index contributed by atoms with van der Waals surface area (Å²) >= 11 is 5.94. The lowest BCUT2D eigenvalue weighted by Crippen LogP contribution is -2.38. The van der Waals surface area contributed by atoms with E-state index in [0.29, 0.717) is 10.6 Å². The summed E-state index contributed by atoms with van der Waals surface area (Å²) in [6.07, 6.45) is 0. The summed E-state index contributed by atoms with van der Waals surface area (Å²) in [4.78, 5) is 23.9. The number of benzene rings is 2. The Balaban J connectivity index is 1.85. The zero-order valence-electron chi connectivity index (χ0n) is 13.1. The van der Waals surface area contributed by atoms with Crippen LogP contribution in [-0.4, -0.2) is 18.4 Å². The summed E-state index contributed by atoms with van der Waals surface area (Å²) in [5, 5.41) is 6.06. The van der Waals surface area contributed by atoms with E-state index in [9.17, 15) is 9.59 Å². The van der Waals surface area contributed by atoms with Gasteiger partial charge in [-0.3, -0.25) is 9.59 Å². The van der Waals surface area contributed by atoms with Crippen molar-refractivity contribution >= 4 is 23.4 Å². The van der Waals surface area contributed by atoms with Crippen molar-refractivity contribution < 1.29 is 9.59 Å². The van der Waals surface area contributed by atoms with Crippen molar-refractivity contribution in [2.75, 3.05) is 6.54 Å². The van der Waals surface area contributed by atoms with Gasteiger partial charge in [0.05, 0.1) is 12.6 Å². The number of aryl methyl sites for hydroxylation is 1. The lowest BCUT2D eigenvalue weighted by atomic mass is 10.1. The van der Waals surface area contributed by atoms with Crippen LogP contribution >= 0.6 is 11.6 Å². The first kappa shape index (κ1) is 17.0. The fraction of sp³-hybridized carbons (Fsp3) is 0.222. The zero-order valence-corrected chi connectivity index (χ0v) is 13.9. The molecule has 0 bridgehead atoms. The van der Waals surface area contributed by atoms with Crippen LogP contribution in [0.15, 0.2) is 48.5 Å². The predicted molar refractivity (Wildman–Crippen MR) is 91.5 cm³/mol. The van der Waals surface area contributed by atoms with E-state index >= 15 is 0 Å². The molecule has 1 unspecified atom stereocenters. The molecule has 0 radical (unpaired) electrons. The molecule has 2 N–H and O–H groups in total. The van der Waals surface area contributed by atoms with E-state index in [1.807, 2.05) is 38.1 Å². The van der Waals surface area contributed by atoms with Crippen molar-refractivity contribution in [3.8, 4) is 0 Å². The lowest BCUT2D eigenvalue weighted by Gasteiger charge is -2.15. The van der Waals surface area contributed by atoms with E-state index in [2.05, 4.69) is 10.6 Å². The molecule has 1 atom stereocenters. The van der Waals surface area contributed by atoms with Gasteiger partial charge in [0.2, 0.25) is 5.91 Å². The van der Waals surface area contributed by atoms with E-state index < -0.39 is 0 Å². The Kier molecular flexibility index (Phi) is 5.77. The molecule has 2 aromatic carbocycles. The number of amides is 2. The molecule has 2 aromatic rings. The minimum absolute atomic E-state index is 0.0718. The average molecular weight is 331 g/mol. The van der Waals surface area contributed by atoms with Gasteiger partial charge in [-0.15, -0.1) is 0 Å². The molecular formula is C18H19ClN2O2. The van der Waals surface area contributed by atoms with Crippen molar-refractivity contribution in [3.63, 3.8) is 0 Å². The molecular weight excluding hydrogens is 312 g/mol.